The van der Waals surface area contributed by atoms with Crippen molar-refractivity contribution in [2.45, 2.75) is 40.3 Å². The first-order chi connectivity index (χ1) is 8.25. The summed E-state index contributed by atoms with van der Waals surface area (Å²) in [7, 11) is 3.86. The van der Waals surface area contributed by atoms with Gasteiger partial charge in [-0.05, 0) is 53.0 Å². The molecule has 1 aromatic rings. The number of halogens is 1. The molecule has 2 nitrogen and oxygen atoms in total. The van der Waals surface area contributed by atoms with Gasteiger partial charge in [-0.15, -0.1) is 0 Å². The van der Waals surface area contributed by atoms with E-state index in [9.17, 15) is 0 Å². The van der Waals surface area contributed by atoms with E-state index < -0.39 is 0 Å². The van der Waals surface area contributed by atoms with Crippen LogP contribution >= 0.6 is 15.9 Å². The second-order valence-electron chi connectivity index (χ2n) is 5.93. The molecule has 1 atom stereocenters. The summed E-state index contributed by atoms with van der Waals surface area (Å²) in [5, 5.41) is 0. The fourth-order valence-electron chi connectivity index (χ4n) is 1.89. The third-order valence-corrected chi connectivity index (χ3v) is 4.18. The molecule has 0 N–H and O–H groups in total. The second kappa shape index (κ2) is 6.07. The first kappa shape index (κ1) is 15.5. The molecule has 0 fully saturated rings. The number of hydrogen-bond donors (Lipinski definition) is 0. The molecule has 1 aromatic carbocycles. The monoisotopic (exact) mass is 313 g/mol. The Hall–Kier alpha value is -0.540. The highest BCUT2D eigenvalue weighted by molar-refractivity contribution is 9.10. The average molecular weight is 314 g/mol. The van der Waals surface area contributed by atoms with Crippen molar-refractivity contribution in [1.29, 1.82) is 0 Å². The van der Waals surface area contributed by atoms with E-state index in [0.29, 0.717) is 11.5 Å². The fraction of sp³-hybridized carbons (Fsp3) is 0.600. The summed E-state index contributed by atoms with van der Waals surface area (Å²) in [6, 6.07) is 6.79. The topological polar surface area (TPSA) is 12.5 Å². The Morgan fingerprint density at radius 3 is 2.39 bits per heavy atom. The SMILES string of the molecule is COc1ccc(CN(C)C(C)C(C)(C)C)cc1Br. The van der Waals surface area contributed by atoms with Crippen LogP contribution < -0.4 is 4.74 Å². The highest BCUT2D eigenvalue weighted by Crippen LogP contribution is 2.28. The molecular weight excluding hydrogens is 290 g/mol. The van der Waals surface area contributed by atoms with Crippen LogP contribution in [0, 0.1) is 5.41 Å². The van der Waals surface area contributed by atoms with Gasteiger partial charge < -0.3 is 4.74 Å². The zero-order valence-electron chi connectivity index (χ0n) is 12.2. The molecule has 0 aliphatic rings. The van der Waals surface area contributed by atoms with Crippen LogP contribution in [0.3, 0.4) is 0 Å². The minimum absolute atomic E-state index is 0.290. The standard InChI is InChI=1S/C15H24BrNO/c1-11(15(2,3)4)17(5)10-12-7-8-14(18-6)13(16)9-12/h7-9,11H,10H2,1-6H3. The molecule has 0 aliphatic carbocycles. The molecule has 1 unspecified atom stereocenters. The molecular formula is C15H24BrNO. The van der Waals surface area contributed by atoms with Crippen molar-refractivity contribution in [3.05, 3.63) is 28.2 Å². The summed E-state index contributed by atoms with van der Waals surface area (Å²) in [5.41, 5.74) is 1.58. The smallest absolute Gasteiger partial charge is 0.133 e. The van der Waals surface area contributed by atoms with Gasteiger partial charge in [0.25, 0.3) is 0 Å². The van der Waals surface area contributed by atoms with E-state index in [-0.39, 0.29) is 0 Å². The van der Waals surface area contributed by atoms with Crippen LogP contribution in [0.15, 0.2) is 22.7 Å². The van der Waals surface area contributed by atoms with Crippen LogP contribution in [0.25, 0.3) is 0 Å². The normalized spacial score (nSPS) is 13.8. The Bertz CT molecular complexity index is 398. The summed E-state index contributed by atoms with van der Waals surface area (Å²) in [5.74, 6) is 0.880. The quantitative estimate of drug-likeness (QED) is 0.820. The summed E-state index contributed by atoms with van der Waals surface area (Å²) >= 11 is 3.53. The van der Waals surface area contributed by atoms with Crippen molar-refractivity contribution in [2.75, 3.05) is 14.2 Å². The van der Waals surface area contributed by atoms with Crippen LogP contribution in [0.5, 0.6) is 5.75 Å². The molecule has 0 saturated heterocycles. The fourth-order valence-corrected chi connectivity index (χ4v) is 2.48. The Morgan fingerprint density at radius 2 is 1.94 bits per heavy atom. The molecule has 0 amide bonds. The number of benzene rings is 1. The van der Waals surface area contributed by atoms with Gasteiger partial charge in [-0.3, -0.25) is 4.90 Å². The molecule has 0 radical (unpaired) electrons. The number of rotatable bonds is 4. The molecule has 18 heavy (non-hydrogen) atoms. The van der Waals surface area contributed by atoms with Gasteiger partial charge in [0.05, 0.1) is 11.6 Å². The molecule has 0 aromatic heterocycles. The van der Waals surface area contributed by atoms with Crippen molar-refractivity contribution in [2.24, 2.45) is 5.41 Å². The molecule has 0 saturated carbocycles. The van der Waals surface area contributed by atoms with Crippen molar-refractivity contribution in [3.8, 4) is 5.75 Å². The highest BCUT2D eigenvalue weighted by atomic mass is 79.9. The van der Waals surface area contributed by atoms with Gasteiger partial charge in [-0.1, -0.05) is 26.8 Å². The van der Waals surface area contributed by atoms with Crippen molar-refractivity contribution < 1.29 is 4.74 Å². The number of ether oxygens (including phenoxy) is 1. The van der Waals surface area contributed by atoms with Crippen molar-refractivity contribution in [1.82, 2.24) is 4.90 Å². The largest absolute Gasteiger partial charge is 0.496 e. The Balaban J connectivity index is 2.76. The summed E-state index contributed by atoms with van der Waals surface area (Å²) in [6.07, 6.45) is 0. The van der Waals surface area contributed by atoms with E-state index in [2.05, 4.69) is 67.7 Å². The summed E-state index contributed by atoms with van der Waals surface area (Å²) in [6.45, 7) is 10.0. The molecule has 1 rings (SSSR count). The maximum Gasteiger partial charge on any atom is 0.133 e. The van der Waals surface area contributed by atoms with Crippen LogP contribution in [-0.4, -0.2) is 25.1 Å². The lowest BCUT2D eigenvalue weighted by Gasteiger charge is -2.35. The van der Waals surface area contributed by atoms with Gasteiger partial charge in [-0.25, -0.2) is 0 Å². The average Bonchev–Trinajstić information content (AvgIpc) is 2.27. The summed E-state index contributed by atoms with van der Waals surface area (Å²) < 4.78 is 6.26. The number of nitrogens with zero attached hydrogens (tertiary/aromatic N) is 1. The van der Waals surface area contributed by atoms with Gasteiger partial charge >= 0.3 is 0 Å². The van der Waals surface area contributed by atoms with E-state index in [1.54, 1.807) is 7.11 Å². The number of methoxy groups -OCH3 is 1. The Labute approximate surface area is 119 Å². The molecule has 0 bridgehead atoms. The van der Waals surface area contributed by atoms with Crippen LogP contribution in [0.4, 0.5) is 0 Å². The lowest BCUT2D eigenvalue weighted by Crippen LogP contribution is -2.38. The predicted octanol–water partition coefficient (Wildman–Crippen LogP) is 4.32. The van der Waals surface area contributed by atoms with Gasteiger partial charge in [0, 0.05) is 12.6 Å². The first-order valence-electron chi connectivity index (χ1n) is 6.28. The predicted molar refractivity (Wildman–Crippen MR) is 81.1 cm³/mol. The maximum atomic E-state index is 5.25. The third kappa shape index (κ3) is 3.99. The molecule has 0 aliphatic heterocycles. The Kier molecular flexibility index (Phi) is 5.23. The highest BCUT2D eigenvalue weighted by Gasteiger charge is 2.23. The van der Waals surface area contributed by atoms with Gasteiger partial charge in [-0.2, -0.15) is 0 Å². The van der Waals surface area contributed by atoms with Crippen molar-refractivity contribution >= 4 is 15.9 Å². The van der Waals surface area contributed by atoms with E-state index in [1.807, 2.05) is 6.07 Å². The van der Waals surface area contributed by atoms with Gasteiger partial charge in [0.15, 0.2) is 0 Å². The summed E-state index contributed by atoms with van der Waals surface area (Å²) in [4.78, 5) is 2.38. The van der Waals surface area contributed by atoms with Crippen molar-refractivity contribution in [3.63, 3.8) is 0 Å². The van der Waals surface area contributed by atoms with E-state index in [0.717, 1.165) is 16.8 Å². The molecule has 0 heterocycles. The van der Waals surface area contributed by atoms with E-state index in [1.165, 1.54) is 5.56 Å². The van der Waals surface area contributed by atoms with Crippen LogP contribution in [0.1, 0.15) is 33.3 Å². The Morgan fingerprint density at radius 1 is 1.33 bits per heavy atom. The van der Waals surface area contributed by atoms with Crippen LogP contribution in [-0.2, 0) is 6.54 Å². The van der Waals surface area contributed by atoms with E-state index >= 15 is 0 Å². The van der Waals surface area contributed by atoms with Gasteiger partial charge in [0.2, 0.25) is 0 Å². The molecule has 102 valence electrons. The maximum absolute atomic E-state index is 5.25. The second-order valence-corrected chi connectivity index (χ2v) is 6.78. The zero-order valence-corrected chi connectivity index (χ0v) is 13.8. The van der Waals surface area contributed by atoms with Gasteiger partial charge in [0.1, 0.15) is 5.75 Å². The zero-order chi connectivity index (χ0) is 13.9. The molecule has 0 spiro atoms. The lowest BCUT2D eigenvalue weighted by molar-refractivity contribution is 0.134. The number of hydrogen-bond acceptors (Lipinski definition) is 2. The van der Waals surface area contributed by atoms with Crippen LogP contribution in [0.2, 0.25) is 0 Å². The van der Waals surface area contributed by atoms with E-state index in [4.69, 9.17) is 4.74 Å². The molecule has 3 heteroatoms. The first-order valence-corrected chi connectivity index (χ1v) is 7.07. The third-order valence-electron chi connectivity index (χ3n) is 3.56. The lowest BCUT2D eigenvalue weighted by atomic mass is 9.87. The minimum atomic E-state index is 0.290. The minimum Gasteiger partial charge on any atom is -0.496 e.